The second-order valence-corrected chi connectivity index (χ2v) is 6.39. The molecular weight excluding hydrogens is 347 g/mol. The van der Waals surface area contributed by atoms with E-state index in [-0.39, 0.29) is 77.0 Å². The third-order valence-electron chi connectivity index (χ3n) is 4.27. The zero-order valence-corrected chi connectivity index (χ0v) is 15.5. The Kier molecular flexibility index (Phi) is 21.1. The summed E-state index contributed by atoms with van der Waals surface area (Å²) < 4.78 is 0. The van der Waals surface area contributed by atoms with Gasteiger partial charge in [0.1, 0.15) is 0 Å². The Morgan fingerprint density at radius 1 is 0.840 bits per heavy atom. The fourth-order valence-corrected chi connectivity index (χ4v) is 2.60. The number of carbonyl (C=O) groups excluding carboxylic acids is 1. The summed E-state index contributed by atoms with van der Waals surface area (Å²) in [6, 6.07) is 0. The average molecular weight is 385 g/mol. The normalized spacial score (nSPS) is 10.2. The molecule has 7 heteroatoms. The van der Waals surface area contributed by atoms with Gasteiger partial charge in [0.15, 0.2) is 0 Å². The van der Waals surface area contributed by atoms with Crippen LogP contribution < -0.4 is 0 Å². The van der Waals surface area contributed by atoms with Gasteiger partial charge in [0.05, 0.1) is 6.61 Å². The first-order valence-corrected chi connectivity index (χ1v) is 9.35. The van der Waals surface area contributed by atoms with Crippen molar-refractivity contribution in [3.05, 3.63) is 0 Å². The molecule has 0 aromatic heterocycles. The van der Waals surface area contributed by atoms with Crippen LogP contribution in [0.25, 0.3) is 0 Å². The van der Waals surface area contributed by atoms with Crippen molar-refractivity contribution in [1.82, 2.24) is 9.80 Å². The van der Waals surface area contributed by atoms with Crippen LogP contribution in [0.2, 0.25) is 0 Å². The first-order chi connectivity index (χ1) is 11.5. The number of nitrogens with zero attached hydrogens (tertiary/aromatic N) is 2. The fourth-order valence-electron chi connectivity index (χ4n) is 2.60. The molecule has 0 aliphatic rings. The minimum atomic E-state index is -1.07. The predicted molar refractivity (Wildman–Crippen MR) is 103 cm³/mol. The van der Waals surface area contributed by atoms with Crippen molar-refractivity contribution in [3.63, 3.8) is 0 Å². The SMILES string of the molecule is CCCCCCCCCCCC(=O)N(C)CCN(CCO)C(=O)O.[KH]. The van der Waals surface area contributed by atoms with E-state index in [2.05, 4.69) is 6.92 Å². The van der Waals surface area contributed by atoms with Crippen LogP contribution in [0.3, 0.4) is 0 Å². The van der Waals surface area contributed by atoms with Crippen LogP contribution in [0.1, 0.15) is 71.1 Å². The molecule has 0 aromatic rings. The number of rotatable bonds is 15. The Morgan fingerprint density at radius 3 is 1.84 bits per heavy atom. The van der Waals surface area contributed by atoms with Crippen molar-refractivity contribution in [3.8, 4) is 0 Å². The molecule has 0 aliphatic heterocycles. The van der Waals surface area contributed by atoms with Gasteiger partial charge in [-0.25, -0.2) is 4.79 Å². The average Bonchev–Trinajstić information content (AvgIpc) is 2.56. The zero-order chi connectivity index (χ0) is 18.2. The van der Waals surface area contributed by atoms with E-state index in [0.717, 1.165) is 17.7 Å². The summed E-state index contributed by atoms with van der Waals surface area (Å²) in [5, 5.41) is 17.8. The number of aliphatic hydroxyl groups excluding tert-OH is 1. The van der Waals surface area contributed by atoms with Gasteiger partial charge in [0, 0.05) is 33.1 Å². The molecule has 0 spiro atoms. The van der Waals surface area contributed by atoms with Crippen molar-refractivity contribution in [1.29, 1.82) is 0 Å². The molecule has 6 nitrogen and oxygen atoms in total. The molecule has 0 rings (SSSR count). The van der Waals surface area contributed by atoms with Crippen LogP contribution in [0, 0.1) is 0 Å². The van der Waals surface area contributed by atoms with Gasteiger partial charge in [0.25, 0.3) is 0 Å². The molecule has 0 saturated heterocycles. The Morgan fingerprint density at radius 2 is 1.36 bits per heavy atom. The summed E-state index contributed by atoms with van der Waals surface area (Å²) in [4.78, 5) is 25.6. The Labute approximate surface area is 195 Å². The maximum atomic E-state index is 12.0. The molecule has 0 aromatic carbocycles. The summed E-state index contributed by atoms with van der Waals surface area (Å²) >= 11 is 0. The molecule has 25 heavy (non-hydrogen) atoms. The quantitative estimate of drug-likeness (QED) is 0.336. The summed E-state index contributed by atoms with van der Waals surface area (Å²) in [5.74, 6) is 0.0623. The van der Waals surface area contributed by atoms with Crippen LogP contribution in [0.15, 0.2) is 0 Å². The van der Waals surface area contributed by atoms with Crippen LogP contribution in [-0.2, 0) is 4.79 Å². The monoisotopic (exact) mass is 384 g/mol. The van der Waals surface area contributed by atoms with E-state index in [0.29, 0.717) is 13.0 Å². The summed E-state index contributed by atoms with van der Waals surface area (Å²) in [5.41, 5.74) is 0. The van der Waals surface area contributed by atoms with E-state index in [1.165, 1.54) is 44.9 Å². The second kappa shape index (κ2) is 19.1. The third kappa shape index (κ3) is 16.2. The minimum absolute atomic E-state index is 0. The number of unbranched alkanes of at least 4 members (excludes halogenated alkanes) is 8. The van der Waals surface area contributed by atoms with Crippen LogP contribution in [0.5, 0.6) is 0 Å². The van der Waals surface area contributed by atoms with Crippen LogP contribution >= 0.6 is 0 Å². The standard InChI is InChI=1S/C18H36N2O4.K.H/c1-3-4-5-6-7-8-9-10-11-12-17(22)19(2)13-14-20(15-16-21)18(23)24;;/h21H,3-16H2,1-2H3,(H,23,24);;. The van der Waals surface area contributed by atoms with E-state index in [9.17, 15) is 9.59 Å². The third-order valence-corrected chi connectivity index (χ3v) is 4.27. The number of carboxylic acid groups (broad SMARTS) is 1. The number of hydrogen-bond donors (Lipinski definition) is 2. The molecule has 0 unspecified atom stereocenters. The molecular formula is C18H37KN2O4. The van der Waals surface area contributed by atoms with Gasteiger partial charge >= 0.3 is 57.5 Å². The summed E-state index contributed by atoms with van der Waals surface area (Å²) in [6.45, 7) is 2.69. The Bertz CT molecular complexity index is 343. The fraction of sp³-hybridized carbons (Fsp3) is 0.889. The van der Waals surface area contributed by atoms with Gasteiger partial charge in [-0.2, -0.15) is 0 Å². The van der Waals surface area contributed by atoms with Gasteiger partial charge in [-0.1, -0.05) is 58.3 Å². The number of amides is 2. The van der Waals surface area contributed by atoms with Crippen molar-refractivity contribution < 1.29 is 19.8 Å². The van der Waals surface area contributed by atoms with Gasteiger partial charge in [-0.15, -0.1) is 0 Å². The van der Waals surface area contributed by atoms with Gasteiger partial charge in [0.2, 0.25) is 5.91 Å². The van der Waals surface area contributed by atoms with Gasteiger partial charge < -0.3 is 20.0 Å². The number of hydrogen-bond acceptors (Lipinski definition) is 3. The van der Waals surface area contributed by atoms with E-state index in [1.54, 1.807) is 11.9 Å². The topological polar surface area (TPSA) is 81.1 Å². The van der Waals surface area contributed by atoms with Crippen molar-refractivity contribution in [2.24, 2.45) is 0 Å². The number of carbonyl (C=O) groups is 2. The van der Waals surface area contributed by atoms with E-state index in [1.807, 2.05) is 0 Å². The van der Waals surface area contributed by atoms with Crippen LogP contribution in [-0.4, -0.2) is 117 Å². The molecule has 0 atom stereocenters. The Balaban J connectivity index is 0. The number of likely N-dealkylation sites (N-methyl/N-ethyl adjacent to an activating group) is 1. The summed E-state index contributed by atoms with van der Waals surface area (Å²) in [7, 11) is 1.70. The molecule has 2 N–H and O–H groups in total. The Hall–Kier alpha value is 0.336. The van der Waals surface area contributed by atoms with Gasteiger partial charge in [-0.3, -0.25) is 4.79 Å². The first kappa shape index (κ1) is 27.6. The molecule has 0 radical (unpaired) electrons. The van der Waals surface area contributed by atoms with Gasteiger partial charge in [-0.05, 0) is 6.42 Å². The van der Waals surface area contributed by atoms with Crippen molar-refractivity contribution >= 4 is 63.4 Å². The van der Waals surface area contributed by atoms with E-state index >= 15 is 0 Å². The molecule has 0 aliphatic carbocycles. The molecule has 2 amide bonds. The molecule has 0 fully saturated rings. The van der Waals surface area contributed by atoms with E-state index < -0.39 is 6.09 Å². The van der Waals surface area contributed by atoms with Crippen molar-refractivity contribution in [2.45, 2.75) is 71.1 Å². The second-order valence-electron chi connectivity index (χ2n) is 6.39. The van der Waals surface area contributed by atoms with E-state index in [4.69, 9.17) is 10.2 Å². The summed E-state index contributed by atoms with van der Waals surface area (Å²) in [6.07, 6.45) is 10.4. The zero-order valence-electron chi connectivity index (χ0n) is 15.5. The maximum absolute atomic E-state index is 12.0. The predicted octanol–water partition coefficient (Wildman–Crippen LogP) is 2.69. The van der Waals surface area contributed by atoms with Crippen molar-refractivity contribution in [2.75, 3.05) is 33.3 Å². The molecule has 0 heterocycles. The molecule has 0 saturated carbocycles. The molecule has 144 valence electrons. The first-order valence-electron chi connectivity index (χ1n) is 9.35. The van der Waals surface area contributed by atoms with Crippen LogP contribution in [0.4, 0.5) is 4.79 Å². The number of aliphatic hydroxyl groups is 1. The molecule has 0 bridgehead atoms.